The Balaban J connectivity index is 0.00000338. The first kappa shape index (κ1) is 22.5. The van der Waals surface area contributed by atoms with E-state index in [9.17, 15) is 18.3 Å². The molecule has 7 nitrogen and oxygen atoms in total. The summed E-state index contributed by atoms with van der Waals surface area (Å²) in [4.78, 5) is 10.8. The van der Waals surface area contributed by atoms with Gasteiger partial charge in [-0.05, 0) is 30.7 Å². The number of unbranched alkanes of at least 4 members (excludes halogenated alkanes) is 1. The fourth-order valence-corrected chi connectivity index (χ4v) is 2.88. The number of anilines is 1. The summed E-state index contributed by atoms with van der Waals surface area (Å²) in [6, 6.07) is 10.8. The summed E-state index contributed by atoms with van der Waals surface area (Å²) < 4.78 is 29.6. The third kappa shape index (κ3) is 6.00. The third-order valence-electron chi connectivity index (χ3n) is 3.41. The molecule has 0 saturated heterocycles. The fourth-order valence-electron chi connectivity index (χ4n) is 2.17. The molecular weight excluding hydrogens is 367 g/mol. The number of hydrogen-bond donors (Lipinski definition) is 2. The van der Waals surface area contributed by atoms with E-state index >= 15 is 0 Å². The molecule has 0 fully saturated rings. The van der Waals surface area contributed by atoms with E-state index in [0.29, 0.717) is 12.3 Å². The summed E-state index contributed by atoms with van der Waals surface area (Å²) in [7, 11) is -4.22. The number of primary sulfonamides is 1. The van der Waals surface area contributed by atoms with Crippen LogP contribution in [0.15, 0.2) is 47.4 Å². The number of nitrogens with two attached hydrogens (primary N) is 1. The van der Waals surface area contributed by atoms with Crippen molar-refractivity contribution in [1.29, 1.82) is 0 Å². The van der Waals surface area contributed by atoms with Gasteiger partial charge in [0.25, 0.3) is 0 Å². The molecule has 2 aromatic rings. The van der Waals surface area contributed by atoms with Crippen molar-refractivity contribution in [3.8, 4) is 11.5 Å². The minimum absolute atomic E-state index is 0. The number of hydrogen-bond acceptors (Lipinski definition) is 6. The van der Waals surface area contributed by atoms with Gasteiger partial charge in [-0.25, -0.2) is 13.6 Å². The summed E-state index contributed by atoms with van der Waals surface area (Å²) in [5.74, 6) is -1.16. The Hall–Kier alpha value is -1.58. The maximum Gasteiger partial charge on any atom is 1.00 e. The summed E-state index contributed by atoms with van der Waals surface area (Å²) >= 11 is 0. The zero-order chi connectivity index (χ0) is 18.4. The number of carbonyl (C=O) groups excluding carboxylic acids is 1. The molecule has 0 atom stereocenters. The Morgan fingerprint density at radius 1 is 1.23 bits per heavy atom. The van der Waals surface area contributed by atoms with Crippen molar-refractivity contribution in [2.24, 2.45) is 5.14 Å². The Bertz CT molecular complexity index is 857. The summed E-state index contributed by atoms with van der Waals surface area (Å²) in [5.41, 5.74) is -0.0773. The third-order valence-corrected chi connectivity index (χ3v) is 4.32. The van der Waals surface area contributed by atoms with Crippen LogP contribution in [0.3, 0.4) is 0 Å². The van der Waals surface area contributed by atoms with Crippen LogP contribution >= 0.6 is 0 Å². The average molecular weight is 386 g/mol. The van der Waals surface area contributed by atoms with E-state index in [-0.39, 0.29) is 46.6 Å². The van der Waals surface area contributed by atoms with Crippen molar-refractivity contribution >= 4 is 21.7 Å². The van der Waals surface area contributed by atoms with Gasteiger partial charge in [-0.3, -0.25) is 0 Å². The van der Waals surface area contributed by atoms with E-state index in [4.69, 9.17) is 9.88 Å². The molecule has 0 amide bonds. The Morgan fingerprint density at radius 3 is 2.42 bits per heavy atom. The van der Waals surface area contributed by atoms with Gasteiger partial charge in [-0.1, -0.05) is 31.5 Å². The molecule has 2 aromatic carbocycles. The molecule has 134 valence electrons. The van der Waals surface area contributed by atoms with Crippen molar-refractivity contribution in [2.75, 3.05) is 11.9 Å². The largest absolute Gasteiger partial charge is 1.00 e. The van der Waals surface area contributed by atoms with Crippen molar-refractivity contribution in [2.45, 2.75) is 24.7 Å². The van der Waals surface area contributed by atoms with Crippen LogP contribution < -0.4 is 49.9 Å². The zero-order valence-electron chi connectivity index (χ0n) is 14.7. The topological polar surface area (TPSA) is 122 Å². The summed E-state index contributed by atoms with van der Waals surface area (Å²) in [6.45, 7) is 2.51. The van der Waals surface area contributed by atoms with Gasteiger partial charge in [0, 0.05) is 12.1 Å². The molecule has 26 heavy (non-hydrogen) atoms. The predicted molar refractivity (Wildman–Crippen MR) is 92.1 cm³/mol. The van der Waals surface area contributed by atoms with Gasteiger partial charge < -0.3 is 20.0 Å². The molecule has 0 aliphatic heterocycles. The number of benzene rings is 2. The molecule has 2 rings (SSSR count). The normalized spacial score (nSPS) is 10.7. The molecule has 0 aliphatic rings. The van der Waals surface area contributed by atoms with Crippen molar-refractivity contribution in [3.05, 3.63) is 48.0 Å². The van der Waals surface area contributed by atoms with Crippen molar-refractivity contribution in [1.82, 2.24) is 0 Å². The second-order valence-corrected chi connectivity index (χ2v) is 6.91. The number of para-hydroxylation sites is 1. The SMILES string of the molecule is CCCCNc1cc(C(=O)[O-])cc(S(N)(=O)=O)c1Oc1ccccc1.[Na+]. The van der Waals surface area contributed by atoms with Gasteiger partial charge in [-0.15, -0.1) is 0 Å². The molecule has 0 spiro atoms. The Kier molecular flexibility index (Phi) is 8.58. The first-order chi connectivity index (χ1) is 11.8. The number of carboxylic acid groups (broad SMARTS) is 1. The van der Waals surface area contributed by atoms with Crippen LogP contribution in [0.4, 0.5) is 5.69 Å². The molecule has 0 heterocycles. The molecule has 0 saturated carbocycles. The van der Waals surface area contributed by atoms with Crippen molar-refractivity contribution in [3.63, 3.8) is 0 Å². The molecule has 3 N–H and O–H groups in total. The van der Waals surface area contributed by atoms with Crippen LogP contribution in [0.5, 0.6) is 11.5 Å². The van der Waals surface area contributed by atoms with Crippen LogP contribution in [0.1, 0.15) is 30.1 Å². The quantitative estimate of drug-likeness (QED) is 0.430. The predicted octanol–water partition coefficient (Wildman–Crippen LogP) is -1.29. The molecular formula is C17H19N2NaO5S. The number of ether oxygens (including phenoxy) is 1. The zero-order valence-corrected chi connectivity index (χ0v) is 17.5. The van der Waals surface area contributed by atoms with Gasteiger partial charge in [0.15, 0.2) is 5.75 Å². The average Bonchev–Trinajstić information content (AvgIpc) is 2.56. The van der Waals surface area contributed by atoms with Crippen LogP contribution in [-0.2, 0) is 10.0 Å². The van der Waals surface area contributed by atoms with Gasteiger partial charge >= 0.3 is 29.6 Å². The minimum atomic E-state index is -4.22. The maximum atomic E-state index is 12.0. The van der Waals surface area contributed by atoms with Crippen LogP contribution in [0.25, 0.3) is 0 Å². The van der Waals surface area contributed by atoms with Gasteiger partial charge in [0.1, 0.15) is 10.6 Å². The Labute approximate surface area is 174 Å². The number of nitrogens with one attached hydrogen (secondary N) is 1. The van der Waals surface area contributed by atoms with Crippen LogP contribution in [0.2, 0.25) is 0 Å². The molecule has 0 radical (unpaired) electrons. The second-order valence-electron chi connectivity index (χ2n) is 5.38. The Morgan fingerprint density at radius 2 is 1.88 bits per heavy atom. The molecule has 0 aromatic heterocycles. The minimum Gasteiger partial charge on any atom is -0.545 e. The summed E-state index contributed by atoms with van der Waals surface area (Å²) in [5, 5.41) is 19.5. The van der Waals surface area contributed by atoms with Crippen LogP contribution in [-0.4, -0.2) is 20.9 Å². The van der Waals surface area contributed by atoms with Crippen LogP contribution in [0, 0.1) is 0 Å². The van der Waals surface area contributed by atoms with Gasteiger partial charge in [-0.2, -0.15) is 0 Å². The van der Waals surface area contributed by atoms with Gasteiger partial charge in [0.2, 0.25) is 10.0 Å². The summed E-state index contributed by atoms with van der Waals surface area (Å²) in [6.07, 6.45) is 1.72. The molecule has 0 aliphatic carbocycles. The number of carbonyl (C=O) groups is 1. The van der Waals surface area contributed by atoms with E-state index in [2.05, 4.69) is 5.32 Å². The molecule has 9 heteroatoms. The molecule has 0 unspecified atom stereocenters. The first-order valence-corrected chi connectivity index (χ1v) is 9.26. The van der Waals surface area contributed by atoms with E-state index in [1.807, 2.05) is 6.92 Å². The van der Waals surface area contributed by atoms with E-state index in [1.54, 1.807) is 30.3 Å². The number of aromatic carboxylic acids is 1. The molecule has 0 bridgehead atoms. The number of carboxylic acids is 1. The monoisotopic (exact) mass is 386 g/mol. The van der Waals surface area contributed by atoms with Gasteiger partial charge in [0.05, 0.1) is 11.7 Å². The smallest absolute Gasteiger partial charge is 0.545 e. The number of sulfonamides is 1. The fraction of sp³-hybridized carbons (Fsp3) is 0.235. The number of rotatable bonds is 8. The maximum absolute atomic E-state index is 12.0. The van der Waals surface area contributed by atoms with E-state index in [0.717, 1.165) is 18.9 Å². The van der Waals surface area contributed by atoms with E-state index in [1.165, 1.54) is 6.07 Å². The van der Waals surface area contributed by atoms with E-state index < -0.39 is 20.9 Å². The first-order valence-electron chi connectivity index (χ1n) is 7.72. The standard InChI is InChI=1S/C17H20N2O5S.Na/c1-2-3-9-19-14-10-12(17(20)21)11-15(25(18,22)23)16(14)24-13-7-5-4-6-8-13;/h4-8,10-11,19H,2-3,9H2,1H3,(H,20,21)(H2,18,22,23);/q;+1/p-1. The second kappa shape index (κ2) is 9.94. The van der Waals surface area contributed by atoms with Crippen molar-refractivity contribution < 1.29 is 52.6 Å².